The first kappa shape index (κ1) is 21.9. The van der Waals surface area contributed by atoms with Crippen molar-refractivity contribution in [2.24, 2.45) is 5.92 Å². The Labute approximate surface area is 172 Å². The maximum Gasteiger partial charge on any atom is 0.186 e. The van der Waals surface area contributed by atoms with Gasteiger partial charge in [-0.3, -0.25) is 0 Å². The molecule has 0 bridgehead atoms. The van der Waals surface area contributed by atoms with Crippen LogP contribution in [-0.4, -0.2) is 54.6 Å². The molecule has 158 valence electrons. The Bertz CT molecular complexity index is 725. The first-order chi connectivity index (χ1) is 14.1. The summed E-state index contributed by atoms with van der Waals surface area (Å²) in [4.78, 5) is 0. The minimum Gasteiger partial charge on any atom is -0.393 e. The molecule has 0 radical (unpaired) electrons. The highest BCUT2D eigenvalue weighted by atomic mass is 16.7. The minimum atomic E-state index is -1.52. The van der Waals surface area contributed by atoms with Crippen LogP contribution < -0.4 is 0 Å². The molecule has 0 aliphatic carbocycles. The summed E-state index contributed by atoms with van der Waals surface area (Å²) in [7, 11) is 1.50. The molecule has 2 aromatic rings. The van der Waals surface area contributed by atoms with E-state index in [1.165, 1.54) is 7.11 Å². The van der Waals surface area contributed by atoms with Gasteiger partial charge in [-0.2, -0.15) is 0 Å². The lowest BCUT2D eigenvalue weighted by molar-refractivity contribution is -0.331. The Morgan fingerprint density at radius 2 is 1.55 bits per heavy atom. The summed E-state index contributed by atoms with van der Waals surface area (Å²) in [5.41, 5.74) is 0.499. The average molecular weight is 402 g/mol. The minimum absolute atomic E-state index is 0.267. The van der Waals surface area contributed by atoms with E-state index in [4.69, 9.17) is 18.9 Å². The Morgan fingerprint density at radius 1 is 0.966 bits per heavy atom. The summed E-state index contributed by atoms with van der Waals surface area (Å²) >= 11 is 0. The second-order valence-corrected chi connectivity index (χ2v) is 7.43. The van der Waals surface area contributed by atoms with E-state index < -0.39 is 36.6 Å². The summed E-state index contributed by atoms with van der Waals surface area (Å²) in [6, 6.07) is 19.5. The number of aliphatic hydroxyl groups is 2. The van der Waals surface area contributed by atoms with Crippen LogP contribution in [0.1, 0.15) is 18.1 Å². The Kier molecular flexibility index (Phi) is 7.77. The van der Waals surface area contributed by atoms with Crippen LogP contribution in [0.5, 0.6) is 0 Å². The molecule has 1 saturated heterocycles. The maximum absolute atomic E-state index is 11.3. The summed E-state index contributed by atoms with van der Waals surface area (Å²) in [6.45, 7) is 2.35. The summed E-state index contributed by atoms with van der Waals surface area (Å²) in [6.07, 6.45) is -2.10. The van der Waals surface area contributed by atoms with E-state index in [0.29, 0.717) is 6.61 Å². The van der Waals surface area contributed by atoms with Crippen molar-refractivity contribution in [1.82, 2.24) is 0 Å². The lowest BCUT2D eigenvalue weighted by Crippen LogP contribution is -2.66. The lowest BCUT2D eigenvalue weighted by atomic mass is 9.78. The maximum atomic E-state index is 11.3. The topological polar surface area (TPSA) is 77.4 Å². The highest BCUT2D eigenvalue weighted by Crippen LogP contribution is 2.37. The summed E-state index contributed by atoms with van der Waals surface area (Å²) in [5.74, 6) is -0.421. The van der Waals surface area contributed by atoms with Crippen molar-refractivity contribution in [2.75, 3.05) is 20.3 Å². The standard InChI is InChI=1S/C23H30O6/c1-17-20(15-27-13-18-9-5-3-6-10-18)29-22(26-2)21(23(17,25)16-24)28-14-19-11-7-4-8-12-19/h3-12,17,20-22,24-25H,13-16H2,1-2H3/t17-,20?,21?,22+,23?/m0/s1. The fraction of sp³-hybridized carbons (Fsp3) is 0.478. The van der Waals surface area contributed by atoms with E-state index in [0.717, 1.165) is 11.1 Å². The number of hydrogen-bond acceptors (Lipinski definition) is 6. The van der Waals surface area contributed by atoms with E-state index in [9.17, 15) is 10.2 Å². The van der Waals surface area contributed by atoms with Gasteiger partial charge in [0, 0.05) is 13.0 Å². The largest absolute Gasteiger partial charge is 0.393 e. The van der Waals surface area contributed by atoms with Gasteiger partial charge in [0.1, 0.15) is 11.7 Å². The van der Waals surface area contributed by atoms with Gasteiger partial charge in [-0.1, -0.05) is 67.6 Å². The molecule has 1 heterocycles. The molecule has 0 amide bonds. The van der Waals surface area contributed by atoms with Gasteiger partial charge in [0.25, 0.3) is 0 Å². The highest BCUT2D eigenvalue weighted by molar-refractivity contribution is 5.14. The van der Waals surface area contributed by atoms with Crippen molar-refractivity contribution in [3.8, 4) is 0 Å². The van der Waals surface area contributed by atoms with E-state index in [-0.39, 0.29) is 13.2 Å². The molecule has 0 spiro atoms. The molecular weight excluding hydrogens is 372 g/mol. The van der Waals surface area contributed by atoms with E-state index in [1.54, 1.807) is 0 Å². The molecule has 1 aliphatic rings. The normalized spacial score (nSPS) is 29.7. The number of aliphatic hydroxyl groups excluding tert-OH is 1. The molecule has 0 aromatic heterocycles. The van der Waals surface area contributed by atoms with Crippen molar-refractivity contribution < 1.29 is 29.2 Å². The first-order valence-corrected chi connectivity index (χ1v) is 9.87. The third-order valence-corrected chi connectivity index (χ3v) is 5.55. The van der Waals surface area contributed by atoms with Crippen LogP contribution in [0.15, 0.2) is 60.7 Å². The predicted molar refractivity (Wildman–Crippen MR) is 108 cm³/mol. The van der Waals surface area contributed by atoms with Crippen LogP contribution in [-0.2, 0) is 32.2 Å². The summed E-state index contributed by atoms with van der Waals surface area (Å²) in [5, 5.41) is 21.3. The first-order valence-electron chi connectivity index (χ1n) is 9.87. The molecule has 0 saturated carbocycles. The molecule has 6 heteroatoms. The molecule has 2 aromatic carbocycles. The molecule has 1 fully saturated rings. The zero-order valence-corrected chi connectivity index (χ0v) is 16.9. The molecule has 3 rings (SSSR count). The third-order valence-electron chi connectivity index (χ3n) is 5.55. The van der Waals surface area contributed by atoms with Crippen LogP contribution in [0.3, 0.4) is 0 Å². The van der Waals surface area contributed by atoms with Crippen LogP contribution >= 0.6 is 0 Å². The fourth-order valence-electron chi connectivity index (χ4n) is 3.63. The van der Waals surface area contributed by atoms with Crippen LogP contribution in [0, 0.1) is 5.92 Å². The smallest absolute Gasteiger partial charge is 0.186 e. The predicted octanol–water partition coefficient (Wildman–Crippen LogP) is 2.52. The van der Waals surface area contributed by atoms with Crippen molar-refractivity contribution in [1.29, 1.82) is 0 Å². The highest BCUT2D eigenvalue weighted by Gasteiger charge is 2.54. The Hall–Kier alpha value is -1.80. The second-order valence-electron chi connectivity index (χ2n) is 7.43. The quantitative estimate of drug-likeness (QED) is 0.671. The monoisotopic (exact) mass is 402 g/mol. The number of hydrogen-bond donors (Lipinski definition) is 2. The van der Waals surface area contributed by atoms with Crippen LogP contribution in [0.4, 0.5) is 0 Å². The van der Waals surface area contributed by atoms with Gasteiger partial charge in [-0.15, -0.1) is 0 Å². The van der Waals surface area contributed by atoms with E-state index >= 15 is 0 Å². The molecule has 6 nitrogen and oxygen atoms in total. The average Bonchev–Trinajstić information content (AvgIpc) is 2.77. The van der Waals surface area contributed by atoms with Crippen LogP contribution in [0.2, 0.25) is 0 Å². The molecule has 1 aliphatic heterocycles. The van der Waals surface area contributed by atoms with Crippen molar-refractivity contribution >= 4 is 0 Å². The van der Waals surface area contributed by atoms with Gasteiger partial charge in [-0.25, -0.2) is 0 Å². The second kappa shape index (κ2) is 10.3. The molecule has 2 N–H and O–H groups in total. The van der Waals surface area contributed by atoms with Gasteiger partial charge in [0.2, 0.25) is 0 Å². The molecular formula is C23H30O6. The number of benzene rings is 2. The van der Waals surface area contributed by atoms with Gasteiger partial charge >= 0.3 is 0 Å². The zero-order valence-electron chi connectivity index (χ0n) is 16.9. The SMILES string of the molecule is CO[C@@H]1OC(COCc2ccccc2)[C@H](C)C(O)(CO)C1OCc1ccccc1. The number of rotatable bonds is 9. The summed E-state index contributed by atoms with van der Waals surface area (Å²) < 4.78 is 23.3. The number of methoxy groups -OCH3 is 1. The van der Waals surface area contributed by atoms with E-state index in [2.05, 4.69) is 0 Å². The number of ether oxygens (including phenoxy) is 4. The molecule has 5 atom stereocenters. The third kappa shape index (κ3) is 5.22. The fourth-order valence-corrected chi connectivity index (χ4v) is 3.63. The van der Waals surface area contributed by atoms with Crippen molar-refractivity contribution in [2.45, 2.75) is 44.2 Å². The zero-order chi connectivity index (χ0) is 20.7. The Balaban J connectivity index is 1.65. The molecule has 3 unspecified atom stereocenters. The molecule has 29 heavy (non-hydrogen) atoms. The van der Waals surface area contributed by atoms with Gasteiger partial charge < -0.3 is 29.2 Å². The van der Waals surface area contributed by atoms with Crippen molar-refractivity contribution in [3.63, 3.8) is 0 Å². The van der Waals surface area contributed by atoms with Gasteiger partial charge in [0.15, 0.2) is 6.29 Å². The van der Waals surface area contributed by atoms with Crippen LogP contribution in [0.25, 0.3) is 0 Å². The Morgan fingerprint density at radius 3 is 2.10 bits per heavy atom. The van der Waals surface area contributed by atoms with Gasteiger partial charge in [0.05, 0.1) is 32.5 Å². The van der Waals surface area contributed by atoms with Crippen molar-refractivity contribution in [3.05, 3.63) is 71.8 Å². The van der Waals surface area contributed by atoms with E-state index in [1.807, 2.05) is 67.6 Å². The van der Waals surface area contributed by atoms with Gasteiger partial charge in [-0.05, 0) is 11.1 Å². The lowest BCUT2D eigenvalue weighted by Gasteiger charge is -2.49.